The first-order valence-corrected chi connectivity index (χ1v) is 9.62. The minimum atomic E-state index is 0.590. The fraction of sp³-hybridized carbons (Fsp3) is 0.273. The predicted octanol–water partition coefficient (Wildman–Crippen LogP) is 2.85. The molecule has 1 N–H and O–H groups in total. The molecule has 0 atom stereocenters. The maximum absolute atomic E-state index is 5.68. The summed E-state index contributed by atoms with van der Waals surface area (Å²) in [6, 6.07) is 16.3. The van der Waals surface area contributed by atoms with E-state index in [9.17, 15) is 0 Å². The SMILES string of the molecule is CN=C(NCc1cccc(-n2cccn2)c1)N(C)Cc1ccc2c(c1)OCCO2. The van der Waals surface area contributed by atoms with Gasteiger partial charge in [-0.05, 0) is 41.5 Å². The summed E-state index contributed by atoms with van der Waals surface area (Å²) in [6.45, 7) is 2.58. The second kappa shape index (κ2) is 8.68. The summed E-state index contributed by atoms with van der Waals surface area (Å²) >= 11 is 0. The molecule has 150 valence electrons. The fourth-order valence-electron chi connectivity index (χ4n) is 3.33. The molecule has 1 aromatic heterocycles. The van der Waals surface area contributed by atoms with Crippen molar-refractivity contribution in [3.05, 3.63) is 72.1 Å². The highest BCUT2D eigenvalue weighted by molar-refractivity contribution is 5.79. The van der Waals surface area contributed by atoms with Crippen LogP contribution < -0.4 is 14.8 Å². The van der Waals surface area contributed by atoms with Gasteiger partial charge in [-0.15, -0.1) is 0 Å². The number of fused-ring (bicyclic) bond motifs is 1. The van der Waals surface area contributed by atoms with Crippen molar-refractivity contribution >= 4 is 5.96 Å². The minimum Gasteiger partial charge on any atom is -0.486 e. The Morgan fingerprint density at radius 2 is 1.97 bits per heavy atom. The van der Waals surface area contributed by atoms with E-state index in [1.807, 2.05) is 48.3 Å². The molecule has 7 heteroatoms. The van der Waals surface area contributed by atoms with Crippen molar-refractivity contribution in [1.29, 1.82) is 0 Å². The molecular weight excluding hydrogens is 366 g/mol. The molecule has 1 aliphatic heterocycles. The van der Waals surface area contributed by atoms with E-state index in [0.717, 1.165) is 34.3 Å². The quantitative estimate of drug-likeness (QED) is 0.535. The van der Waals surface area contributed by atoms with Crippen molar-refractivity contribution in [2.75, 3.05) is 27.3 Å². The van der Waals surface area contributed by atoms with Gasteiger partial charge in [0.2, 0.25) is 0 Å². The van der Waals surface area contributed by atoms with Crippen LogP contribution in [0.4, 0.5) is 0 Å². The zero-order chi connectivity index (χ0) is 20.1. The van der Waals surface area contributed by atoms with Crippen molar-refractivity contribution in [3.63, 3.8) is 0 Å². The Morgan fingerprint density at radius 1 is 1.10 bits per heavy atom. The lowest BCUT2D eigenvalue weighted by molar-refractivity contribution is 0.171. The summed E-state index contributed by atoms with van der Waals surface area (Å²) in [7, 11) is 3.81. The maximum atomic E-state index is 5.68. The maximum Gasteiger partial charge on any atom is 0.193 e. The molecule has 29 heavy (non-hydrogen) atoms. The third-order valence-electron chi connectivity index (χ3n) is 4.73. The average molecular weight is 391 g/mol. The molecule has 0 unspecified atom stereocenters. The normalized spacial score (nSPS) is 13.2. The minimum absolute atomic E-state index is 0.590. The van der Waals surface area contributed by atoms with Gasteiger partial charge in [-0.25, -0.2) is 4.68 Å². The second-order valence-electron chi connectivity index (χ2n) is 6.86. The van der Waals surface area contributed by atoms with Crippen LogP contribution in [-0.2, 0) is 13.1 Å². The molecule has 7 nitrogen and oxygen atoms in total. The van der Waals surface area contributed by atoms with Crippen LogP contribution in [0.2, 0.25) is 0 Å². The molecule has 0 amide bonds. The number of hydrogen-bond donors (Lipinski definition) is 1. The summed E-state index contributed by atoms with van der Waals surface area (Å²) in [5.74, 6) is 2.44. The monoisotopic (exact) mass is 391 g/mol. The van der Waals surface area contributed by atoms with Crippen LogP contribution in [0.5, 0.6) is 11.5 Å². The van der Waals surface area contributed by atoms with Crippen molar-refractivity contribution in [3.8, 4) is 17.2 Å². The van der Waals surface area contributed by atoms with E-state index in [1.54, 1.807) is 13.2 Å². The van der Waals surface area contributed by atoms with E-state index in [0.29, 0.717) is 26.3 Å². The molecule has 4 rings (SSSR count). The van der Waals surface area contributed by atoms with E-state index in [1.165, 1.54) is 0 Å². The van der Waals surface area contributed by atoms with E-state index in [-0.39, 0.29) is 0 Å². The smallest absolute Gasteiger partial charge is 0.193 e. The molecule has 0 fully saturated rings. The summed E-state index contributed by atoms with van der Waals surface area (Å²) in [5.41, 5.74) is 3.33. The van der Waals surface area contributed by atoms with Gasteiger partial charge < -0.3 is 19.7 Å². The number of guanidine groups is 1. The zero-order valence-corrected chi connectivity index (χ0v) is 16.7. The van der Waals surface area contributed by atoms with Gasteiger partial charge in [0.25, 0.3) is 0 Å². The Hall–Kier alpha value is -3.48. The molecule has 0 spiro atoms. The lowest BCUT2D eigenvalue weighted by Gasteiger charge is -2.24. The van der Waals surface area contributed by atoms with Gasteiger partial charge in [0.1, 0.15) is 13.2 Å². The highest BCUT2D eigenvalue weighted by Gasteiger charge is 2.13. The fourth-order valence-corrected chi connectivity index (χ4v) is 3.33. The van der Waals surface area contributed by atoms with Crippen LogP contribution in [0, 0.1) is 0 Å². The van der Waals surface area contributed by atoms with E-state index >= 15 is 0 Å². The van der Waals surface area contributed by atoms with Gasteiger partial charge in [-0.3, -0.25) is 4.99 Å². The van der Waals surface area contributed by atoms with Gasteiger partial charge in [-0.1, -0.05) is 18.2 Å². The molecule has 0 radical (unpaired) electrons. The van der Waals surface area contributed by atoms with Gasteiger partial charge in [-0.2, -0.15) is 5.10 Å². The Balaban J connectivity index is 1.38. The molecule has 2 aromatic carbocycles. The molecule has 0 bridgehead atoms. The van der Waals surface area contributed by atoms with Crippen molar-refractivity contribution in [2.45, 2.75) is 13.1 Å². The van der Waals surface area contributed by atoms with Gasteiger partial charge in [0.15, 0.2) is 17.5 Å². The molecule has 0 saturated heterocycles. The highest BCUT2D eigenvalue weighted by atomic mass is 16.6. The highest BCUT2D eigenvalue weighted by Crippen LogP contribution is 2.31. The zero-order valence-electron chi connectivity index (χ0n) is 16.7. The number of ether oxygens (including phenoxy) is 2. The van der Waals surface area contributed by atoms with Crippen LogP contribution in [0.1, 0.15) is 11.1 Å². The number of benzene rings is 2. The Morgan fingerprint density at radius 3 is 2.76 bits per heavy atom. The second-order valence-corrected chi connectivity index (χ2v) is 6.86. The summed E-state index contributed by atoms with van der Waals surface area (Å²) < 4.78 is 13.1. The van der Waals surface area contributed by atoms with Crippen LogP contribution in [-0.4, -0.2) is 47.9 Å². The lowest BCUT2D eigenvalue weighted by Crippen LogP contribution is -2.38. The first-order chi connectivity index (χ1) is 14.2. The Labute approximate surface area is 170 Å². The topological polar surface area (TPSA) is 63.9 Å². The van der Waals surface area contributed by atoms with E-state index < -0.39 is 0 Å². The number of nitrogens with zero attached hydrogens (tertiary/aromatic N) is 4. The van der Waals surface area contributed by atoms with Gasteiger partial charge in [0.05, 0.1) is 5.69 Å². The number of hydrogen-bond acceptors (Lipinski definition) is 4. The van der Waals surface area contributed by atoms with Crippen molar-refractivity contribution in [2.24, 2.45) is 4.99 Å². The molecule has 0 saturated carbocycles. The molecular formula is C22H25N5O2. The third kappa shape index (κ3) is 4.51. The average Bonchev–Trinajstić information content (AvgIpc) is 3.29. The Kier molecular flexibility index (Phi) is 5.65. The number of nitrogens with one attached hydrogen (secondary N) is 1. The largest absolute Gasteiger partial charge is 0.486 e. The Bertz CT molecular complexity index is 985. The van der Waals surface area contributed by atoms with Crippen molar-refractivity contribution in [1.82, 2.24) is 20.0 Å². The van der Waals surface area contributed by atoms with Crippen LogP contribution >= 0.6 is 0 Å². The molecule has 1 aliphatic rings. The van der Waals surface area contributed by atoms with Gasteiger partial charge in [0, 0.05) is 39.6 Å². The van der Waals surface area contributed by atoms with E-state index in [4.69, 9.17) is 9.47 Å². The van der Waals surface area contributed by atoms with Crippen LogP contribution in [0.3, 0.4) is 0 Å². The van der Waals surface area contributed by atoms with Crippen LogP contribution in [0.25, 0.3) is 5.69 Å². The summed E-state index contributed by atoms with van der Waals surface area (Å²) in [4.78, 5) is 6.50. The van der Waals surface area contributed by atoms with E-state index in [2.05, 4.69) is 38.5 Å². The third-order valence-corrected chi connectivity index (χ3v) is 4.73. The first kappa shape index (κ1) is 18.9. The number of aromatic nitrogens is 2. The standard InChI is InChI=1S/C22H25N5O2/c1-23-22(24-15-17-5-3-6-19(13-17)27-10-4-9-25-27)26(2)16-18-7-8-20-21(14-18)29-12-11-28-20/h3-10,13-14H,11-12,15-16H2,1-2H3,(H,23,24). The summed E-state index contributed by atoms with van der Waals surface area (Å²) in [6.07, 6.45) is 3.71. The van der Waals surface area contributed by atoms with Crippen molar-refractivity contribution < 1.29 is 9.47 Å². The molecule has 0 aliphatic carbocycles. The van der Waals surface area contributed by atoms with Crippen LogP contribution in [0.15, 0.2) is 65.9 Å². The predicted molar refractivity (Wildman–Crippen MR) is 113 cm³/mol. The molecule has 2 heterocycles. The first-order valence-electron chi connectivity index (χ1n) is 9.62. The summed E-state index contributed by atoms with van der Waals surface area (Å²) in [5, 5.41) is 7.72. The van der Waals surface area contributed by atoms with Gasteiger partial charge >= 0.3 is 0 Å². The number of rotatable bonds is 5. The molecule has 3 aromatic rings. The number of aliphatic imine (C=N–C) groups is 1. The lowest BCUT2D eigenvalue weighted by atomic mass is 10.2.